The molecule has 0 aliphatic heterocycles. The van der Waals surface area contributed by atoms with Crippen LogP contribution < -0.4 is 5.73 Å². The molecule has 0 saturated carbocycles. The summed E-state index contributed by atoms with van der Waals surface area (Å²) in [5, 5.41) is 0. The second-order valence-electron chi connectivity index (χ2n) is 6.13. The first-order chi connectivity index (χ1) is 10.2. The molecule has 0 heterocycles. The number of aryl methyl sites for hydroxylation is 1. The van der Waals surface area contributed by atoms with Gasteiger partial charge in [-0.15, -0.1) is 0 Å². The first kappa shape index (κ1) is 15.8. The molecule has 1 nitrogen and oxygen atoms in total. The van der Waals surface area contributed by atoms with E-state index in [1.54, 1.807) is 0 Å². The van der Waals surface area contributed by atoms with Gasteiger partial charge in [-0.05, 0) is 54.3 Å². The van der Waals surface area contributed by atoms with Crippen molar-refractivity contribution in [1.82, 2.24) is 0 Å². The lowest BCUT2D eigenvalue weighted by Crippen LogP contribution is -2.13. The minimum absolute atomic E-state index is 0.481. The topological polar surface area (TPSA) is 26.0 Å². The van der Waals surface area contributed by atoms with E-state index in [2.05, 4.69) is 68.4 Å². The maximum Gasteiger partial charge on any atom is -0.000824 e. The molecule has 0 fully saturated rings. The monoisotopic (exact) mass is 281 g/mol. The van der Waals surface area contributed by atoms with Crippen LogP contribution in [0.3, 0.4) is 0 Å². The molecule has 0 bridgehead atoms. The molecule has 0 amide bonds. The summed E-state index contributed by atoms with van der Waals surface area (Å²) >= 11 is 0. The van der Waals surface area contributed by atoms with E-state index >= 15 is 0 Å². The van der Waals surface area contributed by atoms with E-state index in [4.69, 9.17) is 5.73 Å². The zero-order valence-corrected chi connectivity index (χ0v) is 13.3. The summed E-state index contributed by atoms with van der Waals surface area (Å²) in [6.07, 6.45) is 3.49. The SMILES string of the molecule is CC(C)c1ccc(C(CN)CCCc2ccccc2)cc1. The van der Waals surface area contributed by atoms with Crippen LogP contribution in [0, 0.1) is 0 Å². The quantitative estimate of drug-likeness (QED) is 0.769. The molecule has 2 N–H and O–H groups in total. The highest BCUT2D eigenvalue weighted by molar-refractivity contribution is 5.27. The summed E-state index contributed by atoms with van der Waals surface area (Å²) in [6, 6.07) is 19.7. The van der Waals surface area contributed by atoms with Gasteiger partial charge in [0.15, 0.2) is 0 Å². The highest BCUT2D eigenvalue weighted by Crippen LogP contribution is 2.23. The third-order valence-corrected chi connectivity index (χ3v) is 4.22. The third-order valence-electron chi connectivity index (χ3n) is 4.22. The first-order valence-electron chi connectivity index (χ1n) is 8.04. The van der Waals surface area contributed by atoms with Crippen LogP contribution in [0.15, 0.2) is 54.6 Å². The van der Waals surface area contributed by atoms with Gasteiger partial charge in [-0.1, -0.05) is 68.4 Å². The van der Waals surface area contributed by atoms with Crippen molar-refractivity contribution in [3.05, 3.63) is 71.3 Å². The number of nitrogens with two attached hydrogens (primary N) is 1. The Morgan fingerprint density at radius 2 is 1.48 bits per heavy atom. The number of benzene rings is 2. The average molecular weight is 281 g/mol. The van der Waals surface area contributed by atoms with Crippen LogP contribution in [0.4, 0.5) is 0 Å². The Morgan fingerprint density at radius 1 is 0.857 bits per heavy atom. The Bertz CT molecular complexity index is 513. The highest BCUT2D eigenvalue weighted by atomic mass is 14.5. The number of rotatable bonds is 7. The summed E-state index contributed by atoms with van der Waals surface area (Å²) < 4.78 is 0. The molecule has 0 spiro atoms. The molecule has 1 unspecified atom stereocenters. The van der Waals surface area contributed by atoms with E-state index in [0.717, 1.165) is 19.4 Å². The zero-order chi connectivity index (χ0) is 15.1. The van der Waals surface area contributed by atoms with E-state index in [-0.39, 0.29) is 0 Å². The molecule has 0 aromatic heterocycles. The second kappa shape index (κ2) is 7.99. The Morgan fingerprint density at radius 3 is 2.05 bits per heavy atom. The zero-order valence-electron chi connectivity index (χ0n) is 13.3. The van der Waals surface area contributed by atoms with E-state index in [1.165, 1.54) is 23.1 Å². The molecular formula is C20H27N. The van der Waals surface area contributed by atoms with Gasteiger partial charge in [0.25, 0.3) is 0 Å². The van der Waals surface area contributed by atoms with Gasteiger partial charge in [0, 0.05) is 0 Å². The van der Waals surface area contributed by atoms with E-state index in [1.807, 2.05) is 0 Å². The van der Waals surface area contributed by atoms with Gasteiger partial charge in [0.05, 0.1) is 0 Å². The van der Waals surface area contributed by atoms with Crippen molar-refractivity contribution in [2.75, 3.05) is 6.54 Å². The first-order valence-corrected chi connectivity index (χ1v) is 8.04. The molecular weight excluding hydrogens is 254 g/mol. The summed E-state index contributed by atoms with van der Waals surface area (Å²) in [4.78, 5) is 0. The molecule has 1 atom stereocenters. The van der Waals surface area contributed by atoms with Gasteiger partial charge >= 0.3 is 0 Å². The van der Waals surface area contributed by atoms with Crippen molar-refractivity contribution in [2.24, 2.45) is 5.73 Å². The minimum Gasteiger partial charge on any atom is -0.330 e. The molecule has 112 valence electrons. The fourth-order valence-electron chi connectivity index (χ4n) is 2.77. The summed E-state index contributed by atoms with van der Waals surface area (Å²) in [6.45, 7) is 5.19. The van der Waals surface area contributed by atoms with Gasteiger partial charge in [-0.2, -0.15) is 0 Å². The number of hydrogen-bond acceptors (Lipinski definition) is 1. The average Bonchev–Trinajstić information content (AvgIpc) is 2.53. The minimum atomic E-state index is 0.481. The molecule has 2 aromatic carbocycles. The van der Waals surface area contributed by atoms with E-state index in [9.17, 15) is 0 Å². The summed E-state index contributed by atoms with van der Waals surface area (Å²) in [5.41, 5.74) is 10.2. The van der Waals surface area contributed by atoms with Crippen LogP contribution in [-0.4, -0.2) is 6.54 Å². The predicted octanol–water partition coefficient (Wildman–Crippen LogP) is 4.88. The lowest BCUT2D eigenvalue weighted by molar-refractivity contribution is 0.598. The Balaban J connectivity index is 1.90. The standard InChI is InChI=1S/C20H27N/c1-16(2)18-11-13-19(14-12-18)20(15-21)10-6-9-17-7-4-3-5-8-17/h3-5,7-8,11-14,16,20H,6,9-10,15,21H2,1-2H3. The van der Waals surface area contributed by atoms with Crippen molar-refractivity contribution >= 4 is 0 Å². The van der Waals surface area contributed by atoms with Crippen molar-refractivity contribution < 1.29 is 0 Å². The Kier molecular flexibility index (Phi) is 6.01. The van der Waals surface area contributed by atoms with Crippen molar-refractivity contribution in [3.63, 3.8) is 0 Å². The van der Waals surface area contributed by atoms with Gasteiger partial charge < -0.3 is 5.73 Å². The molecule has 0 saturated heterocycles. The van der Waals surface area contributed by atoms with E-state index in [0.29, 0.717) is 11.8 Å². The van der Waals surface area contributed by atoms with Crippen LogP contribution in [0.5, 0.6) is 0 Å². The molecule has 0 aliphatic rings. The van der Waals surface area contributed by atoms with Crippen molar-refractivity contribution in [3.8, 4) is 0 Å². The normalized spacial score (nSPS) is 12.6. The molecule has 2 aromatic rings. The van der Waals surface area contributed by atoms with Crippen molar-refractivity contribution in [2.45, 2.75) is 44.9 Å². The van der Waals surface area contributed by atoms with Crippen LogP contribution in [0.25, 0.3) is 0 Å². The molecule has 1 heteroatoms. The highest BCUT2D eigenvalue weighted by Gasteiger charge is 2.10. The lowest BCUT2D eigenvalue weighted by Gasteiger charge is -2.16. The van der Waals surface area contributed by atoms with E-state index < -0.39 is 0 Å². The lowest BCUT2D eigenvalue weighted by atomic mass is 9.91. The maximum absolute atomic E-state index is 5.98. The van der Waals surface area contributed by atoms with Crippen molar-refractivity contribution in [1.29, 1.82) is 0 Å². The summed E-state index contributed by atoms with van der Waals surface area (Å²) in [7, 11) is 0. The Hall–Kier alpha value is -1.60. The van der Waals surface area contributed by atoms with Gasteiger partial charge in [-0.3, -0.25) is 0 Å². The van der Waals surface area contributed by atoms with Crippen LogP contribution in [0.2, 0.25) is 0 Å². The van der Waals surface area contributed by atoms with Crippen LogP contribution >= 0.6 is 0 Å². The fourth-order valence-corrected chi connectivity index (χ4v) is 2.77. The van der Waals surface area contributed by atoms with Crippen LogP contribution in [0.1, 0.15) is 55.2 Å². The summed E-state index contributed by atoms with van der Waals surface area (Å²) in [5.74, 6) is 1.07. The van der Waals surface area contributed by atoms with Crippen LogP contribution in [-0.2, 0) is 6.42 Å². The molecule has 0 aliphatic carbocycles. The maximum atomic E-state index is 5.98. The Labute approximate surface area is 129 Å². The second-order valence-corrected chi connectivity index (χ2v) is 6.13. The largest absolute Gasteiger partial charge is 0.330 e. The number of hydrogen-bond donors (Lipinski definition) is 1. The van der Waals surface area contributed by atoms with Gasteiger partial charge in [-0.25, -0.2) is 0 Å². The molecule has 2 rings (SSSR count). The molecule has 21 heavy (non-hydrogen) atoms. The fraction of sp³-hybridized carbons (Fsp3) is 0.400. The third kappa shape index (κ3) is 4.71. The van der Waals surface area contributed by atoms with Gasteiger partial charge in [0.1, 0.15) is 0 Å². The predicted molar refractivity (Wildman–Crippen MR) is 91.7 cm³/mol. The van der Waals surface area contributed by atoms with Gasteiger partial charge in [0.2, 0.25) is 0 Å². The molecule has 0 radical (unpaired) electrons. The smallest absolute Gasteiger partial charge is 0.000824 e.